The van der Waals surface area contributed by atoms with E-state index in [2.05, 4.69) is 65.2 Å². The predicted molar refractivity (Wildman–Crippen MR) is 191 cm³/mol. The minimum atomic E-state index is -1.37. The number of piperazine rings is 1. The van der Waals surface area contributed by atoms with Gasteiger partial charge in [-0.3, -0.25) is 0 Å². The Morgan fingerprint density at radius 3 is 2.26 bits per heavy atom. The summed E-state index contributed by atoms with van der Waals surface area (Å²) in [5.74, 6) is -1.06. The number of halogens is 2. The predicted octanol–water partition coefficient (Wildman–Crippen LogP) is 5.48. The van der Waals surface area contributed by atoms with Gasteiger partial charge in [0.25, 0.3) is 0 Å². The average molecular weight is 748 g/mol. The molecule has 2 saturated heterocycles. The van der Waals surface area contributed by atoms with Gasteiger partial charge in [-0.15, -0.1) is 5.10 Å². The van der Waals surface area contributed by atoms with Crippen molar-refractivity contribution in [2.75, 3.05) is 49.2 Å². The van der Waals surface area contributed by atoms with Crippen LogP contribution in [0.15, 0.2) is 88.9 Å². The monoisotopic (exact) mass is 746 g/mol. The number of hydrogen-bond acceptors (Lipinski definition) is 9. The zero-order chi connectivity index (χ0) is 34.8. The van der Waals surface area contributed by atoms with E-state index >= 15 is 4.39 Å². The second kappa shape index (κ2) is 14.4. The summed E-state index contributed by atoms with van der Waals surface area (Å²) in [7, 11) is 0. The normalized spacial score (nSPS) is 20.0. The first kappa shape index (κ1) is 33.9. The maximum absolute atomic E-state index is 15.2. The van der Waals surface area contributed by atoms with E-state index in [9.17, 15) is 4.79 Å². The van der Waals surface area contributed by atoms with E-state index in [-0.39, 0.29) is 31.5 Å². The molecule has 2 fully saturated rings. The van der Waals surface area contributed by atoms with Gasteiger partial charge in [-0.2, -0.15) is 5.10 Å². The Balaban J connectivity index is 0.929. The summed E-state index contributed by atoms with van der Waals surface area (Å²) in [5.41, 5.74) is 4.05. The maximum atomic E-state index is 15.2. The van der Waals surface area contributed by atoms with Gasteiger partial charge in [0.05, 0.1) is 18.3 Å². The molecule has 4 heterocycles. The number of ether oxygens (including phenoxy) is 3. The Hall–Kier alpha value is -4.53. The molecule has 3 aromatic carbocycles. The van der Waals surface area contributed by atoms with Crippen LogP contribution < -0.4 is 20.2 Å². The summed E-state index contributed by atoms with van der Waals surface area (Å²) in [6.45, 7) is 9.96. The lowest BCUT2D eigenvalue weighted by Crippen LogP contribution is -2.46. The molecule has 0 spiro atoms. The van der Waals surface area contributed by atoms with Gasteiger partial charge in [0.1, 0.15) is 43.5 Å². The van der Waals surface area contributed by atoms with Crippen LogP contribution in [-0.4, -0.2) is 74.6 Å². The van der Waals surface area contributed by atoms with Gasteiger partial charge in [0, 0.05) is 43.1 Å². The second-order valence-electron chi connectivity index (χ2n) is 12.8. The van der Waals surface area contributed by atoms with Crippen LogP contribution >= 0.6 is 15.9 Å². The van der Waals surface area contributed by atoms with Crippen LogP contribution in [0.25, 0.3) is 5.69 Å². The first-order chi connectivity index (χ1) is 24.2. The quantitative estimate of drug-likeness (QED) is 0.174. The fraction of sp³-hybridized carbons (Fsp3) is 0.389. The highest BCUT2D eigenvalue weighted by molar-refractivity contribution is 9.10. The largest absolute Gasteiger partial charge is 0.491 e. The molecule has 2 aliphatic heterocycles. The summed E-state index contributed by atoms with van der Waals surface area (Å²) < 4.78 is 39.0. The third kappa shape index (κ3) is 7.05. The van der Waals surface area contributed by atoms with E-state index in [1.807, 2.05) is 51.1 Å². The van der Waals surface area contributed by atoms with E-state index in [0.29, 0.717) is 16.0 Å². The van der Waals surface area contributed by atoms with Crippen LogP contribution in [0.5, 0.6) is 5.75 Å². The standard InChI is InChI=1S/C36H40BrFN8O4/c1-4-26(3)46-35(47)45(24-40-46)29-8-6-27(7-9-29)42-15-17-43(18-16-42)28-10-12-30(13-11-28)48-20-31-21-49-36(50-31,22-44-23-39-34(37)41-44)32-14-5-25(2)19-33(32)38/h5-14,19,23-24,26,31H,4,15-18,20-22H2,1-3H3. The van der Waals surface area contributed by atoms with Gasteiger partial charge in [0.2, 0.25) is 10.5 Å². The van der Waals surface area contributed by atoms with Crippen molar-refractivity contribution in [3.63, 3.8) is 0 Å². The van der Waals surface area contributed by atoms with Crippen molar-refractivity contribution in [1.82, 2.24) is 29.1 Å². The Morgan fingerprint density at radius 1 is 0.980 bits per heavy atom. The third-order valence-corrected chi connectivity index (χ3v) is 9.75. The van der Waals surface area contributed by atoms with Crippen LogP contribution in [0.4, 0.5) is 15.8 Å². The maximum Gasteiger partial charge on any atom is 0.350 e. The van der Waals surface area contributed by atoms with Crippen molar-refractivity contribution >= 4 is 27.3 Å². The number of aromatic nitrogens is 6. The molecule has 2 aromatic heterocycles. The lowest BCUT2D eigenvalue weighted by molar-refractivity contribution is -0.192. The molecule has 0 aliphatic carbocycles. The number of rotatable bonds is 11. The number of nitrogens with zero attached hydrogens (tertiary/aromatic N) is 8. The number of anilines is 2. The van der Waals surface area contributed by atoms with Crippen molar-refractivity contribution < 1.29 is 18.6 Å². The number of benzene rings is 3. The van der Waals surface area contributed by atoms with Crippen LogP contribution in [0.2, 0.25) is 0 Å². The van der Waals surface area contributed by atoms with Gasteiger partial charge in [-0.25, -0.2) is 28.1 Å². The minimum Gasteiger partial charge on any atom is -0.491 e. The molecule has 3 unspecified atom stereocenters. The van der Waals surface area contributed by atoms with Gasteiger partial charge in [-0.1, -0.05) is 19.1 Å². The summed E-state index contributed by atoms with van der Waals surface area (Å²) in [5, 5.41) is 8.58. The van der Waals surface area contributed by atoms with Crippen molar-refractivity contribution in [3.05, 3.63) is 112 Å². The summed E-state index contributed by atoms with van der Waals surface area (Å²) in [6.07, 6.45) is 3.56. The Labute approximate surface area is 298 Å². The minimum absolute atomic E-state index is 0.0593. The van der Waals surface area contributed by atoms with Gasteiger partial charge in [0.15, 0.2) is 0 Å². The lowest BCUT2D eigenvalue weighted by Gasteiger charge is -2.37. The molecular weight excluding hydrogens is 707 g/mol. The Bertz CT molecular complexity index is 1970. The fourth-order valence-electron chi connectivity index (χ4n) is 6.40. The Morgan fingerprint density at radius 2 is 1.64 bits per heavy atom. The molecule has 2 aliphatic rings. The first-order valence-corrected chi connectivity index (χ1v) is 17.6. The van der Waals surface area contributed by atoms with Crippen LogP contribution in [0.3, 0.4) is 0 Å². The summed E-state index contributed by atoms with van der Waals surface area (Å²) in [6, 6.07) is 21.2. The molecule has 262 valence electrons. The molecule has 12 nitrogen and oxygen atoms in total. The van der Waals surface area contributed by atoms with Gasteiger partial charge in [-0.05, 0) is 96.4 Å². The van der Waals surface area contributed by atoms with Gasteiger partial charge < -0.3 is 24.0 Å². The van der Waals surface area contributed by atoms with Crippen molar-refractivity contribution in [1.29, 1.82) is 0 Å². The summed E-state index contributed by atoms with van der Waals surface area (Å²) >= 11 is 3.27. The van der Waals surface area contributed by atoms with E-state index in [0.717, 1.165) is 55.2 Å². The Kier molecular flexibility index (Phi) is 9.76. The molecule has 50 heavy (non-hydrogen) atoms. The molecule has 0 bridgehead atoms. The highest BCUT2D eigenvalue weighted by Gasteiger charge is 2.46. The van der Waals surface area contributed by atoms with E-state index in [1.54, 1.807) is 28.0 Å². The highest BCUT2D eigenvalue weighted by Crippen LogP contribution is 2.38. The molecular formula is C36H40BrFN8O4. The van der Waals surface area contributed by atoms with Gasteiger partial charge >= 0.3 is 5.69 Å². The first-order valence-electron chi connectivity index (χ1n) is 16.8. The molecule has 14 heteroatoms. The fourth-order valence-corrected chi connectivity index (χ4v) is 6.70. The van der Waals surface area contributed by atoms with Crippen LogP contribution in [-0.2, 0) is 21.8 Å². The van der Waals surface area contributed by atoms with E-state index in [1.165, 1.54) is 10.7 Å². The molecule has 0 radical (unpaired) electrons. The van der Waals surface area contributed by atoms with Crippen molar-refractivity contribution in [3.8, 4) is 11.4 Å². The third-order valence-electron chi connectivity index (χ3n) is 9.39. The van der Waals surface area contributed by atoms with E-state index < -0.39 is 17.7 Å². The van der Waals surface area contributed by atoms with Crippen molar-refractivity contribution in [2.24, 2.45) is 0 Å². The van der Waals surface area contributed by atoms with Crippen LogP contribution in [0, 0.1) is 12.7 Å². The summed E-state index contributed by atoms with van der Waals surface area (Å²) in [4.78, 5) is 21.6. The van der Waals surface area contributed by atoms with Crippen LogP contribution in [0.1, 0.15) is 37.4 Å². The van der Waals surface area contributed by atoms with Crippen molar-refractivity contribution in [2.45, 2.75) is 51.7 Å². The topological polar surface area (TPSA) is 105 Å². The zero-order valence-electron chi connectivity index (χ0n) is 28.3. The molecule has 0 saturated carbocycles. The number of aryl methyl sites for hydroxylation is 1. The smallest absolute Gasteiger partial charge is 0.350 e. The molecule has 0 N–H and O–H groups in total. The number of hydrogen-bond donors (Lipinski definition) is 0. The lowest BCUT2D eigenvalue weighted by atomic mass is 10.0. The molecule has 0 amide bonds. The SMILES string of the molecule is CCC(C)n1ncn(-c2ccc(N3CCN(c4ccc(OCC5COC(Cn6cnc(Br)n6)(c6ccc(C)cc6F)O5)cc4)CC3)cc2)c1=O. The zero-order valence-corrected chi connectivity index (χ0v) is 29.9. The molecule has 7 rings (SSSR count). The van der Waals surface area contributed by atoms with E-state index in [4.69, 9.17) is 14.2 Å². The molecule has 3 atom stereocenters. The average Bonchev–Trinajstić information content (AvgIpc) is 3.85. The second-order valence-corrected chi connectivity index (χ2v) is 13.5. The molecule has 5 aromatic rings. The highest BCUT2D eigenvalue weighted by atomic mass is 79.9.